The highest BCUT2D eigenvalue weighted by atomic mass is 79.9. The zero-order valence-electron chi connectivity index (χ0n) is 10.3. The number of benzene rings is 1. The Balaban J connectivity index is 0.00000144. The zero-order chi connectivity index (χ0) is 11.1. The zero-order valence-corrected chi connectivity index (χ0v) is 12.0. The molecule has 0 N–H and O–H groups in total. The average Bonchev–Trinajstić information content (AvgIpc) is 2.37. The molecule has 0 amide bonds. The normalized spacial score (nSPS) is 16.2. The molecule has 0 unspecified atom stereocenters. The molecular weight excluding hydrogens is 278 g/mol. The first-order chi connectivity index (χ1) is 7.95. The third-order valence-electron chi connectivity index (χ3n) is 3.08. The molecule has 0 bridgehead atoms. The van der Waals surface area contributed by atoms with Crippen molar-refractivity contribution in [2.75, 3.05) is 26.2 Å². The smallest absolute Gasteiger partial charge is 0.119 e. The largest absolute Gasteiger partial charge is 0.494 e. The summed E-state index contributed by atoms with van der Waals surface area (Å²) in [6, 6.07) is 10.1. The maximum absolute atomic E-state index is 5.67. The summed E-state index contributed by atoms with van der Waals surface area (Å²) in [6.07, 6.45) is 5.30. The number of halogens is 1. The highest BCUT2D eigenvalue weighted by Crippen LogP contribution is 2.10. The molecule has 96 valence electrons. The van der Waals surface area contributed by atoms with Crippen molar-refractivity contribution in [2.45, 2.75) is 25.7 Å². The van der Waals surface area contributed by atoms with Crippen LogP contribution in [0.3, 0.4) is 0 Å². The molecule has 1 aromatic rings. The molecule has 0 radical (unpaired) electrons. The molecule has 3 heteroatoms. The van der Waals surface area contributed by atoms with Crippen molar-refractivity contribution in [2.24, 2.45) is 0 Å². The van der Waals surface area contributed by atoms with Crippen LogP contribution >= 0.6 is 17.0 Å². The molecule has 2 nitrogen and oxygen atoms in total. The van der Waals surface area contributed by atoms with Crippen molar-refractivity contribution in [3.8, 4) is 5.75 Å². The number of nitrogens with zero attached hydrogens (tertiary/aromatic N) is 1. The first kappa shape index (κ1) is 14.5. The minimum atomic E-state index is 0. The average molecular weight is 300 g/mol. The van der Waals surface area contributed by atoms with Gasteiger partial charge in [-0.2, -0.15) is 0 Å². The number of rotatable bonds is 5. The van der Waals surface area contributed by atoms with Crippen LogP contribution in [0.1, 0.15) is 25.7 Å². The molecular formula is C14H22BrNO. The van der Waals surface area contributed by atoms with E-state index in [1.165, 1.54) is 38.9 Å². The number of likely N-dealkylation sites (tertiary alicyclic amines) is 1. The topological polar surface area (TPSA) is 12.5 Å². The summed E-state index contributed by atoms with van der Waals surface area (Å²) >= 11 is 0. The predicted molar refractivity (Wildman–Crippen MR) is 77.2 cm³/mol. The van der Waals surface area contributed by atoms with Crippen LogP contribution in [0.15, 0.2) is 30.3 Å². The van der Waals surface area contributed by atoms with Crippen LogP contribution in [0.25, 0.3) is 0 Å². The van der Waals surface area contributed by atoms with E-state index in [2.05, 4.69) is 4.90 Å². The second-order valence-corrected chi connectivity index (χ2v) is 4.42. The van der Waals surface area contributed by atoms with Gasteiger partial charge >= 0.3 is 0 Å². The monoisotopic (exact) mass is 299 g/mol. The van der Waals surface area contributed by atoms with Gasteiger partial charge in [-0.25, -0.2) is 0 Å². The van der Waals surface area contributed by atoms with Gasteiger partial charge in [0.1, 0.15) is 5.75 Å². The molecule has 0 atom stereocenters. The van der Waals surface area contributed by atoms with Crippen LogP contribution in [-0.4, -0.2) is 31.1 Å². The quantitative estimate of drug-likeness (QED) is 0.772. The van der Waals surface area contributed by atoms with Gasteiger partial charge in [-0.05, 0) is 44.5 Å². The van der Waals surface area contributed by atoms with Crippen molar-refractivity contribution < 1.29 is 4.74 Å². The van der Waals surface area contributed by atoms with E-state index in [1.807, 2.05) is 30.3 Å². The van der Waals surface area contributed by atoms with Gasteiger partial charge in [-0.1, -0.05) is 24.6 Å². The van der Waals surface area contributed by atoms with Gasteiger partial charge in [-0.15, -0.1) is 17.0 Å². The lowest BCUT2D eigenvalue weighted by Gasteiger charge is -2.26. The van der Waals surface area contributed by atoms with Crippen LogP contribution in [0, 0.1) is 0 Å². The lowest BCUT2D eigenvalue weighted by atomic mass is 10.1. The number of piperidine rings is 1. The van der Waals surface area contributed by atoms with E-state index in [-0.39, 0.29) is 17.0 Å². The Morgan fingerprint density at radius 1 is 1.00 bits per heavy atom. The van der Waals surface area contributed by atoms with Crippen LogP contribution < -0.4 is 4.74 Å². The molecule has 1 fully saturated rings. The van der Waals surface area contributed by atoms with E-state index < -0.39 is 0 Å². The van der Waals surface area contributed by atoms with E-state index in [9.17, 15) is 0 Å². The Bertz CT molecular complexity index is 286. The van der Waals surface area contributed by atoms with E-state index in [0.29, 0.717) is 0 Å². The minimum absolute atomic E-state index is 0. The molecule has 0 saturated carbocycles. The molecule has 0 aliphatic carbocycles. The van der Waals surface area contributed by atoms with Crippen molar-refractivity contribution in [1.29, 1.82) is 0 Å². The Morgan fingerprint density at radius 3 is 2.41 bits per heavy atom. The number of para-hydroxylation sites is 1. The summed E-state index contributed by atoms with van der Waals surface area (Å²) in [7, 11) is 0. The summed E-state index contributed by atoms with van der Waals surface area (Å²) in [5.41, 5.74) is 0. The fourth-order valence-electron chi connectivity index (χ4n) is 2.18. The molecule has 1 aromatic carbocycles. The molecule has 1 saturated heterocycles. The maximum Gasteiger partial charge on any atom is 0.119 e. The Labute approximate surface area is 115 Å². The maximum atomic E-state index is 5.67. The second-order valence-electron chi connectivity index (χ2n) is 4.42. The van der Waals surface area contributed by atoms with Gasteiger partial charge in [0.2, 0.25) is 0 Å². The molecule has 17 heavy (non-hydrogen) atoms. The Hall–Kier alpha value is -0.540. The fraction of sp³-hybridized carbons (Fsp3) is 0.571. The van der Waals surface area contributed by atoms with Gasteiger partial charge < -0.3 is 9.64 Å². The van der Waals surface area contributed by atoms with E-state index in [0.717, 1.165) is 18.8 Å². The number of hydrogen-bond donors (Lipinski definition) is 0. The highest BCUT2D eigenvalue weighted by Gasteiger charge is 2.08. The summed E-state index contributed by atoms with van der Waals surface area (Å²) < 4.78 is 5.67. The van der Waals surface area contributed by atoms with Crippen LogP contribution in [0.2, 0.25) is 0 Å². The number of hydrogen-bond acceptors (Lipinski definition) is 2. The highest BCUT2D eigenvalue weighted by molar-refractivity contribution is 8.93. The van der Waals surface area contributed by atoms with E-state index in [1.54, 1.807) is 0 Å². The predicted octanol–water partition coefficient (Wildman–Crippen LogP) is 3.52. The minimum Gasteiger partial charge on any atom is -0.494 e. The third-order valence-corrected chi connectivity index (χ3v) is 3.08. The van der Waals surface area contributed by atoms with Gasteiger partial charge in [0, 0.05) is 6.54 Å². The first-order valence-corrected chi connectivity index (χ1v) is 6.35. The SMILES string of the molecule is Br.c1ccc(OCCCN2CCCCC2)cc1. The molecule has 2 rings (SSSR count). The standard InChI is InChI=1S/C14H21NO.BrH/c1-3-8-14(9-4-1)16-13-7-12-15-10-5-2-6-11-15;/h1,3-4,8-9H,2,5-7,10-13H2;1H. The lowest BCUT2D eigenvalue weighted by molar-refractivity contribution is 0.205. The van der Waals surface area contributed by atoms with Crippen LogP contribution in [0.5, 0.6) is 5.75 Å². The van der Waals surface area contributed by atoms with E-state index in [4.69, 9.17) is 4.74 Å². The van der Waals surface area contributed by atoms with Gasteiger partial charge in [0.15, 0.2) is 0 Å². The Kier molecular flexibility index (Phi) is 7.29. The van der Waals surface area contributed by atoms with Gasteiger partial charge in [0.05, 0.1) is 6.61 Å². The fourth-order valence-corrected chi connectivity index (χ4v) is 2.18. The lowest BCUT2D eigenvalue weighted by Crippen LogP contribution is -2.31. The summed E-state index contributed by atoms with van der Waals surface area (Å²) in [5, 5.41) is 0. The van der Waals surface area contributed by atoms with Crippen molar-refractivity contribution in [3.63, 3.8) is 0 Å². The molecule has 1 aliphatic heterocycles. The third kappa shape index (κ3) is 5.55. The molecule has 1 aliphatic rings. The first-order valence-electron chi connectivity index (χ1n) is 6.35. The Morgan fingerprint density at radius 2 is 1.71 bits per heavy atom. The van der Waals surface area contributed by atoms with Gasteiger partial charge in [-0.3, -0.25) is 0 Å². The van der Waals surface area contributed by atoms with Crippen LogP contribution in [-0.2, 0) is 0 Å². The van der Waals surface area contributed by atoms with Crippen LogP contribution in [0.4, 0.5) is 0 Å². The molecule has 0 spiro atoms. The van der Waals surface area contributed by atoms with Crippen molar-refractivity contribution >= 4 is 17.0 Å². The summed E-state index contributed by atoms with van der Waals surface area (Å²) in [6.45, 7) is 4.59. The summed E-state index contributed by atoms with van der Waals surface area (Å²) in [5.74, 6) is 0.987. The van der Waals surface area contributed by atoms with E-state index >= 15 is 0 Å². The van der Waals surface area contributed by atoms with Crippen molar-refractivity contribution in [3.05, 3.63) is 30.3 Å². The summed E-state index contributed by atoms with van der Waals surface area (Å²) in [4.78, 5) is 2.55. The van der Waals surface area contributed by atoms with Gasteiger partial charge in [0.25, 0.3) is 0 Å². The molecule has 0 aromatic heterocycles. The second kappa shape index (κ2) is 8.54. The number of ether oxygens (including phenoxy) is 1. The molecule has 1 heterocycles. The van der Waals surface area contributed by atoms with Crippen molar-refractivity contribution in [1.82, 2.24) is 4.90 Å².